The Balaban J connectivity index is 1.89. The number of fused-ring (bicyclic) bond motifs is 1. The standard InChI is InChI=1S/C14H9N3O3S/c1-19-10-4-2-3-8-5-11(20-12(8)10)13(18)17-14-16-7-9(6-15)21-14/h2-5,7H,1H3,(H,16,17,18). The summed E-state index contributed by atoms with van der Waals surface area (Å²) in [5, 5.41) is 12.4. The quantitative estimate of drug-likeness (QED) is 0.803. The summed E-state index contributed by atoms with van der Waals surface area (Å²) in [5.74, 6) is 0.294. The van der Waals surface area contributed by atoms with Crippen LogP contribution in [0.4, 0.5) is 5.13 Å². The number of nitrogens with zero attached hydrogens (tertiary/aromatic N) is 2. The van der Waals surface area contributed by atoms with E-state index in [-0.39, 0.29) is 5.76 Å². The molecule has 0 saturated heterocycles. The van der Waals surface area contributed by atoms with Crippen molar-refractivity contribution in [3.8, 4) is 11.8 Å². The van der Waals surface area contributed by atoms with Crippen LogP contribution in [0.2, 0.25) is 0 Å². The molecule has 1 N–H and O–H groups in total. The van der Waals surface area contributed by atoms with E-state index in [0.717, 1.165) is 16.7 Å². The van der Waals surface area contributed by atoms with Crippen LogP contribution in [0, 0.1) is 11.3 Å². The molecule has 1 aromatic carbocycles. The number of thiazole rings is 1. The maximum atomic E-state index is 12.1. The molecule has 0 aliphatic carbocycles. The number of methoxy groups -OCH3 is 1. The first kappa shape index (κ1) is 13.1. The van der Waals surface area contributed by atoms with Crippen LogP contribution in [0.15, 0.2) is 34.9 Å². The van der Waals surface area contributed by atoms with Crippen LogP contribution in [0.3, 0.4) is 0 Å². The Morgan fingerprint density at radius 1 is 1.52 bits per heavy atom. The minimum Gasteiger partial charge on any atom is -0.493 e. The Kier molecular flexibility index (Phi) is 3.30. The number of amides is 1. The van der Waals surface area contributed by atoms with Gasteiger partial charge in [-0.3, -0.25) is 10.1 Å². The van der Waals surface area contributed by atoms with Crippen molar-refractivity contribution in [3.05, 3.63) is 41.1 Å². The maximum Gasteiger partial charge on any atom is 0.293 e. The van der Waals surface area contributed by atoms with Crippen LogP contribution in [-0.4, -0.2) is 18.0 Å². The normalized spacial score (nSPS) is 10.3. The Hall–Kier alpha value is -2.85. The molecule has 104 valence electrons. The second-order valence-corrected chi connectivity index (χ2v) is 5.12. The number of hydrogen-bond acceptors (Lipinski definition) is 6. The van der Waals surface area contributed by atoms with Gasteiger partial charge in [0, 0.05) is 5.39 Å². The van der Waals surface area contributed by atoms with E-state index < -0.39 is 5.91 Å². The largest absolute Gasteiger partial charge is 0.493 e. The van der Waals surface area contributed by atoms with Crippen molar-refractivity contribution in [2.75, 3.05) is 12.4 Å². The van der Waals surface area contributed by atoms with Gasteiger partial charge in [-0.25, -0.2) is 4.98 Å². The van der Waals surface area contributed by atoms with E-state index in [0.29, 0.717) is 21.3 Å². The predicted octanol–water partition coefficient (Wildman–Crippen LogP) is 3.02. The number of hydrogen-bond donors (Lipinski definition) is 1. The fraction of sp³-hybridized carbons (Fsp3) is 0.0714. The molecule has 6 nitrogen and oxygen atoms in total. The maximum absolute atomic E-state index is 12.1. The zero-order valence-corrected chi connectivity index (χ0v) is 11.7. The SMILES string of the molecule is COc1cccc2cc(C(=O)Nc3ncc(C#N)s3)oc12. The van der Waals surface area contributed by atoms with Gasteiger partial charge in [-0.05, 0) is 12.1 Å². The average molecular weight is 299 g/mol. The number of rotatable bonds is 3. The lowest BCUT2D eigenvalue weighted by Gasteiger charge is -1.99. The van der Waals surface area contributed by atoms with E-state index in [4.69, 9.17) is 14.4 Å². The summed E-state index contributed by atoms with van der Waals surface area (Å²) >= 11 is 1.10. The number of ether oxygens (including phenoxy) is 1. The van der Waals surface area contributed by atoms with Crippen LogP contribution >= 0.6 is 11.3 Å². The van der Waals surface area contributed by atoms with Crippen molar-refractivity contribution >= 4 is 33.3 Å². The lowest BCUT2D eigenvalue weighted by atomic mass is 10.2. The summed E-state index contributed by atoms with van der Waals surface area (Å²) in [6, 6.07) is 9.00. The Morgan fingerprint density at radius 3 is 3.10 bits per heavy atom. The summed E-state index contributed by atoms with van der Waals surface area (Å²) in [4.78, 5) is 16.5. The molecule has 7 heteroatoms. The molecule has 0 bridgehead atoms. The van der Waals surface area contributed by atoms with Crippen LogP contribution in [0.5, 0.6) is 5.75 Å². The summed E-state index contributed by atoms with van der Waals surface area (Å²) in [6.07, 6.45) is 1.40. The molecule has 1 amide bonds. The number of carbonyl (C=O) groups is 1. The van der Waals surface area contributed by atoms with Crippen molar-refractivity contribution < 1.29 is 13.9 Å². The molecular formula is C14H9N3O3S. The van der Waals surface area contributed by atoms with Crippen molar-refractivity contribution in [1.29, 1.82) is 5.26 Å². The molecule has 0 saturated carbocycles. The van der Waals surface area contributed by atoms with Crippen LogP contribution in [-0.2, 0) is 0 Å². The number of anilines is 1. The van der Waals surface area contributed by atoms with Gasteiger partial charge in [-0.15, -0.1) is 0 Å². The zero-order valence-electron chi connectivity index (χ0n) is 10.9. The molecule has 0 atom stereocenters. The van der Waals surface area contributed by atoms with Gasteiger partial charge >= 0.3 is 0 Å². The molecule has 2 aromatic heterocycles. The zero-order chi connectivity index (χ0) is 14.8. The molecule has 0 spiro atoms. The highest BCUT2D eigenvalue weighted by Crippen LogP contribution is 2.29. The van der Waals surface area contributed by atoms with E-state index >= 15 is 0 Å². The fourth-order valence-electron chi connectivity index (χ4n) is 1.85. The molecule has 0 fully saturated rings. The van der Waals surface area contributed by atoms with E-state index in [1.165, 1.54) is 13.3 Å². The second-order valence-electron chi connectivity index (χ2n) is 4.08. The number of furan rings is 1. The van der Waals surface area contributed by atoms with Gasteiger partial charge in [0.05, 0.1) is 13.3 Å². The first-order chi connectivity index (χ1) is 10.2. The van der Waals surface area contributed by atoms with Crippen LogP contribution < -0.4 is 10.1 Å². The number of aromatic nitrogens is 1. The minimum absolute atomic E-state index is 0.156. The van der Waals surface area contributed by atoms with Gasteiger partial charge < -0.3 is 9.15 Å². The van der Waals surface area contributed by atoms with E-state index in [1.54, 1.807) is 12.1 Å². The van der Waals surface area contributed by atoms with E-state index in [9.17, 15) is 4.79 Å². The van der Waals surface area contributed by atoms with Gasteiger partial charge in [-0.1, -0.05) is 23.5 Å². The number of carbonyl (C=O) groups excluding carboxylic acids is 1. The third-order valence-corrected chi connectivity index (χ3v) is 3.61. The summed E-state index contributed by atoms with van der Waals surface area (Å²) in [5.41, 5.74) is 0.516. The topological polar surface area (TPSA) is 88.1 Å². The van der Waals surface area contributed by atoms with Crippen molar-refractivity contribution in [2.24, 2.45) is 0 Å². The Labute approximate surface area is 123 Å². The Morgan fingerprint density at radius 2 is 2.38 bits per heavy atom. The number of para-hydroxylation sites is 1. The van der Waals surface area contributed by atoms with Crippen molar-refractivity contribution in [3.63, 3.8) is 0 Å². The number of benzene rings is 1. The highest BCUT2D eigenvalue weighted by molar-refractivity contribution is 7.16. The highest BCUT2D eigenvalue weighted by atomic mass is 32.1. The molecular weight excluding hydrogens is 290 g/mol. The third-order valence-electron chi connectivity index (χ3n) is 2.79. The van der Waals surface area contributed by atoms with Crippen LogP contribution in [0.25, 0.3) is 11.0 Å². The van der Waals surface area contributed by atoms with E-state index in [2.05, 4.69) is 10.3 Å². The molecule has 3 aromatic rings. The summed E-state index contributed by atoms with van der Waals surface area (Å²) in [6.45, 7) is 0. The van der Waals surface area contributed by atoms with Gasteiger partial charge in [0.1, 0.15) is 10.9 Å². The molecule has 21 heavy (non-hydrogen) atoms. The molecule has 0 aliphatic rings. The summed E-state index contributed by atoms with van der Waals surface area (Å²) in [7, 11) is 1.54. The second kappa shape index (κ2) is 5.26. The molecule has 0 radical (unpaired) electrons. The molecule has 0 unspecified atom stereocenters. The first-order valence-corrected chi connectivity index (χ1v) is 6.76. The monoisotopic (exact) mass is 299 g/mol. The lowest BCUT2D eigenvalue weighted by molar-refractivity contribution is 0.0998. The lowest BCUT2D eigenvalue weighted by Crippen LogP contribution is -2.10. The molecule has 0 aliphatic heterocycles. The van der Waals surface area contributed by atoms with Gasteiger partial charge in [0.25, 0.3) is 5.91 Å². The Bertz CT molecular complexity index is 860. The van der Waals surface area contributed by atoms with Gasteiger partial charge in [0.2, 0.25) is 0 Å². The van der Waals surface area contributed by atoms with Crippen molar-refractivity contribution in [1.82, 2.24) is 4.98 Å². The fourth-order valence-corrected chi connectivity index (χ4v) is 2.46. The number of nitriles is 1. The smallest absolute Gasteiger partial charge is 0.293 e. The summed E-state index contributed by atoms with van der Waals surface area (Å²) < 4.78 is 10.7. The third kappa shape index (κ3) is 2.44. The first-order valence-electron chi connectivity index (χ1n) is 5.95. The highest BCUT2D eigenvalue weighted by Gasteiger charge is 2.16. The predicted molar refractivity (Wildman–Crippen MR) is 77.5 cm³/mol. The molecule has 2 heterocycles. The van der Waals surface area contributed by atoms with Gasteiger partial charge in [0.15, 0.2) is 22.2 Å². The average Bonchev–Trinajstić information content (AvgIpc) is 3.12. The number of nitrogens with one attached hydrogen (secondary N) is 1. The molecule has 3 rings (SSSR count). The van der Waals surface area contributed by atoms with Crippen LogP contribution in [0.1, 0.15) is 15.4 Å². The van der Waals surface area contributed by atoms with Crippen molar-refractivity contribution in [2.45, 2.75) is 0 Å². The minimum atomic E-state index is -0.424. The van der Waals surface area contributed by atoms with E-state index in [1.807, 2.05) is 18.2 Å². The van der Waals surface area contributed by atoms with Gasteiger partial charge in [-0.2, -0.15) is 5.26 Å².